The Labute approximate surface area is 241 Å². The van der Waals surface area contributed by atoms with Crippen LogP contribution in [-0.4, -0.2) is 56.0 Å². The molecule has 2 heterocycles. The summed E-state index contributed by atoms with van der Waals surface area (Å²) in [5.41, 5.74) is 4.27. The molecule has 2 aliphatic rings. The van der Waals surface area contributed by atoms with Crippen LogP contribution in [0.15, 0.2) is 66.7 Å². The number of nitrogens with one attached hydrogen (secondary N) is 1. The van der Waals surface area contributed by atoms with Crippen LogP contribution in [0.3, 0.4) is 0 Å². The first-order chi connectivity index (χ1) is 19.4. The number of nitrogens with zero attached hydrogens (tertiary/aromatic N) is 2. The van der Waals surface area contributed by atoms with Gasteiger partial charge < -0.3 is 19.7 Å². The number of likely N-dealkylation sites (tertiary alicyclic amines) is 1. The maximum Gasteiger partial charge on any atom is 0.262 e. The Balaban J connectivity index is 1.42. The van der Waals surface area contributed by atoms with Crippen LogP contribution in [0.4, 0.5) is 11.4 Å². The highest BCUT2D eigenvalue weighted by Gasteiger charge is 2.45. The lowest BCUT2D eigenvalue weighted by Crippen LogP contribution is -2.56. The first-order valence-electron chi connectivity index (χ1n) is 13.9. The minimum atomic E-state index is -1.26. The van der Waals surface area contributed by atoms with Crippen molar-refractivity contribution in [3.8, 4) is 0 Å². The number of hydrogen-bond acceptors (Lipinski definition) is 5. The first kappa shape index (κ1) is 28.3. The molecule has 0 spiro atoms. The number of aryl methyl sites for hydroxylation is 2. The van der Waals surface area contributed by atoms with Gasteiger partial charge in [0.15, 0.2) is 0 Å². The van der Waals surface area contributed by atoms with Crippen molar-refractivity contribution in [1.82, 2.24) is 4.90 Å². The summed E-state index contributed by atoms with van der Waals surface area (Å²) in [6, 6.07) is 19.9. The second kappa shape index (κ2) is 12.5. The van der Waals surface area contributed by atoms with Gasteiger partial charge in [-0.3, -0.25) is 14.5 Å². The molecule has 0 aromatic heterocycles. The molecule has 7 nitrogen and oxygen atoms in total. The lowest BCUT2D eigenvalue weighted by Gasteiger charge is -2.41. The molecule has 8 heteroatoms. The summed E-state index contributed by atoms with van der Waals surface area (Å²) in [5.74, 6) is -1.70. The van der Waals surface area contributed by atoms with Gasteiger partial charge in [-0.05, 0) is 105 Å². The highest BCUT2D eigenvalue weighted by atomic mass is 35.5. The van der Waals surface area contributed by atoms with Crippen molar-refractivity contribution < 1.29 is 19.1 Å². The van der Waals surface area contributed by atoms with Gasteiger partial charge in [0.2, 0.25) is 0 Å². The second-order valence-electron chi connectivity index (χ2n) is 10.4. The van der Waals surface area contributed by atoms with Crippen molar-refractivity contribution in [3.05, 3.63) is 94.0 Å². The van der Waals surface area contributed by atoms with Crippen LogP contribution in [0.25, 0.3) is 0 Å². The van der Waals surface area contributed by atoms with Gasteiger partial charge in [-0.1, -0.05) is 29.8 Å². The van der Waals surface area contributed by atoms with Crippen LogP contribution in [0, 0.1) is 6.92 Å². The van der Waals surface area contributed by atoms with Gasteiger partial charge in [0.05, 0.1) is 12.3 Å². The van der Waals surface area contributed by atoms with E-state index in [-0.39, 0.29) is 11.8 Å². The highest BCUT2D eigenvalue weighted by Crippen LogP contribution is 2.39. The molecule has 1 fully saturated rings. The fraction of sp³-hybridized carbons (Fsp3) is 0.375. The van der Waals surface area contributed by atoms with E-state index in [0.29, 0.717) is 34.9 Å². The average molecular weight is 562 g/mol. The normalized spacial score (nSPS) is 19.2. The number of benzene rings is 3. The third-order valence-corrected chi connectivity index (χ3v) is 8.03. The van der Waals surface area contributed by atoms with E-state index < -0.39 is 5.91 Å². The predicted octanol–water partition coefficient (Wildman–Crippen LogP) is 6.30. The van der Waals surface area contributed by atoms with Crippen molar-refractivity contribution >= 4 is 34.8 Å². The minimum Gasteiger partial charge on any atom is -0.336 e. The summed E-state index contributed by atoms with van der Waals surface area (Å²) >= 11 is 6.34. The van der Waals surface area contributed by atoms with E-state index in [1.807, 2.05) is 37.3 Å². The smallest absolute Gasteiger partial charge is 0.262 e. The molecule has 0 saturated carbocycles. The van der Waals surface area contributed by atoms with Crippen LogP contribution in [0.2, 0.25) is 5.02 Å². The molecule has 2 amide bonds. The highest BCUT2D eigenvalue weighted by molar-refractivity contribution is 6.30. The lowest BCUT2D eigenvalue weighted by molar-refractivity contribution is -0.222. The number of hydrogen-bond donors (Lipinski definition) is 1. The monoisotopic (exact) mass is 561 g/mol. The Morgan fingerprint density at radius 2 is 1.75 bits per heavy atom. The molecule has 5 rings (SSSR count). The Bertz CT molecular complexity index is 1360. The molecule has 2 aliphatic heterocycles. The van der Waals surface area contributed by atoms with Gasteiger partial charge in [-0.25, -0.2) is 0 Å². The van der Waals surface area contributed by atoms with Crippen LogP contribution in [0.5, 0.6) is 0 Å². The largest absolute Gasteiger partial charge is 0.336 e. The number of fused-ring (bicyclic) bond motifs is 1. The van der Waals surface area contributed by atoms with Crippen molar-refractivity contribution in [1.29, 1.82) is 0 Å². The zero-order valence-corrected chi connectivity index (χ0v) is 23.9. The Morgan fingerprint density at radius 3 is 2.48 bits per heavy atom. The van der Waals surface area contributed by atoms with Gasteiger partial charge >= 0.3 is 0 Å². The SMILES string of the molecule is COC1(OCCN2CCCC2)CCCc2cc(Cl)ccc2N1C(=O)c1ccc(NC(=O)c2ccccc2C)cc1. The quantitative estimate of drug-likeness (QED) is 0.327. The molecule has 0 radical (unpaired) electrons. The van der Waals surface area contributed by atoms with Gasteiger partial charge in [-0.15, -0.1) is 0 Å². The number of carbonyl (C=O) groups is 2. The minimum absolute atomic E-state index is 0.194. The predicted molar refractivity (Wildman–Crippen MR) is 158 cm³/mol. The van der Waals surface area contributed by atoms with Crippen molar-refractivity contribution in [3.63, 3.8) is 0 Å². The van der Waals surface area contributed by atoms with Crippen molar-refractivity contribution in [2.45, 2.75) is 44.9 Å². The molecule has 40 heavy (non-hydrogen) atoms. The number of rotatable bonds is 8. The summed E-state index contributed by atoms with van der Waals surface area (Å²) in [5, 5.41) is 3.55. The molecule has 1 saturated heterocycles. The Hall–Kier alpha value is -3.23. The second-order valence-corrected chi connectivity index (χ2v) is 10.9. The topological polar surface area (TPSA) is 71.1 Å². The maximum atomic E-state index is 14.2. The molecule has 1 atom stereocenters. The lowest BCUT2D eigenvalue weighted by atomic mass is 10.1. The standard InChI is InChI=1S/C32H36ClN3O4/c1-23-8-3-4-10-28(23)30(37)34-27-14-11-24(12-15-27)31(38)36-29-16-13-26(33)22-25(29)9-7-17-32(36,39-2)40-21-20-35-18-5-6-19-35/h3-4,8,10-16,22H,5-7,9,17-21H2,1-2H3,(H,34,37). The third kappa shape index (κ3) is 6.08. The third-order valence-electron chi connectivity index (χ3n) is 7.80. The molecule has 3 aromatic rings. The van der Waals surface area contributed by atoms with Gasteiger partial charge in [0, 0.05) is 41.9 Å². The fourth-order valence-corrected chi connectivity index (χ4v) is 5.81. The molecule has 0 aliphatic carbocycles. The summed E-state index contributed by atoms with van der Waals surface area (Å²) in [6.07, 6.45) is 4.46. The summed E-state index contributed by atoms with van der Waals surface area (Å²) < 4.78 is 12.6. The van der Waals surface area contributed by atoms with E-state index in [4.69, 9.17) is 21.1 Å². The number of methoxy groups -OCH3 is 1. The van der Waals surface area contributed by atoms with Crippen molar-refractivity contribution in [2.24, 2.45) is 0 Å². The van der Waals surface area contributed by atoms with Crippen LogP contribution in [-0.2, 0) is 15.9 Å². The number of ether oxygens (including phenoxy) is 2. The molecular formula is C32H36ClN3O4. The molecule has 1 N–H and O–H groups in total. The van der Waals surface area contributed by atoms with Crippen LogP contribution in [0.1, 0.15) is 57.5 Å². The molecule has 3 aromatic carbocycles. The number of amides is 2. The molecule has 1 unspecified atom stereocenters. The molecule has 0 bridgehead atoms. The summed E-state index contributed by atoms with van der Waals surface area (Å²) in [7, 11) is 1.60. The summed E-state index contributed by atoms with van der Waals surface area (Å²) in [4.78, 5) is 31.0. The van der Waals surface area contributed by atoms with E-state index >= 15 is 0 Å². The van der Waals surface area contributed by atoms with Gasteiger partial charge in [0.1, 0.15) is 0 Å². The van der Waals surface area contributed by atoms with E-state index in [1.165, 1.54) is 12.8 Å². The van der Waals surface area contributed by atoms with E-state index in [2.05, 4.69) is 10.2 Å². The van der Waals surface area contributed by atoms with Gasteiger partial charge in [-0.2, -0.15) is 0 Å². The summed E-state index contributed by atoms with van der Waals surface area (Å²) in [6.45, 7) is 5.28. The molecule has 210 valence electrons. The maximum absolute atomic E-state index is 14.2. The van der Waals surface area contributed by atoms with Crippen LogP contribution >= 0.6 is 11.6 Å². The number of halogens is 1. The number of carbonyl (C=O) groups excluding carboxylic acids is 2. The van der Waals surface area contributed by atoms with Crippen LogP contribution < -0.4 is 10.2 Å². The Morgan fingerprint density at radius 1 is 1.00 bits per heavy atom. The fourth-order valence-electron chi connectivity index (χ4n) is 5.61. The first-order valence-corrected chi connectivity index (χ1v) is 14.3. The number of anilines is 2. The van der Waals surface area contributed by atoms with E-state index in [0.717, 1.165) is 49.3 Å². The van der Waals surface area contributed by atoms with E-state index in [9.17, 15) is 9.59 Å². The zero-order chi connectivity index (χ0) is 28.1. The van der Waals surface area contributed by atoms with Crippen molar-refractivity contribution in [2.75, 3.05) is 43.6 Å². The van der Waals surface area contributed by atoms with E-state index in [1.54, 1.807) is 48.4 Å². The zero-order valence-electron chi connectivity index (χ0n) is 23.1. The van der Waals surface area contributed by atoms with Gasteiger partial charge in [0.25, 0.3) is 17.7 Å². The average Bonchev–Trinajstić information content (AvgIpc) is 3.42. The molecular weight excluding hydrogens is 526 g/mol. The Kier molecular flexibility index (Phi) is 8.86.